The van der Waals surface area contributed by atoms with Crippen molar-refractivity contribution in [3.8, 4) is 0 Å². The van der Waals surface area contributed by atoms with Crippen LogP contribution in [0, 0.1) is 5.82 Å². The summed E-state index contributed by atoms with van der Waals surface area (Å²) in [6, 6.07) is 8.77. The summed E-state index contributed by atoms with van der Waals surface area (Å²) in [5.41, 5.74) is 6.60. The maximum atomic E-state index is 14.8. The molecule has 1 fully saturated rings. The Labute approximate surface area is 160 Å². The fourth-order valence-corrected chi connectivity index (χ4v) is 3.50. The predicted molar refractivity (Wildman–Crippen MR) is 106 cm³/mol. The van der Waals surface area contributed by atoms with E-state index in [4.69, 9.17) is 17.3 Å². The van der Waals surface area contributed by atoms with Crippen LogP contribution in [0.25, 0.3) is 10.9 Å². The number of fused-ring (bicyclic) bond motifs is 1. The number of halogens is 2. The Kier molecular flexibility index (Phi) is 4.72. The zero-order valence-electron chi connectivity index (χ0n) is 14.6. The largest absolute Gasteiger partial charge is 0.397 e. The Balaban J connectivity index is 1.47. The standard InChI is InChI=1S/C19H19ClFN5O/c20-15-9-12-1-2-13(17(21)18(12)24-19(15)27)11-25-5-7-26(8-6-25)16-4-3-14(22)10-23-16/h1-4,9-10H,5-8,11,22H2,(H,24,27). The van der Waals surface area contributed by atoms with Gasteiger partial charge < -0.3 is 15.6 Å². The van der Waals surface area contributed by atoms with Crippen molar-refractivity contribution in [2.45, 2.75) is 6.54 Å². The molecule has 0 atom stereocenters. The summed E-state index contributed by atoms with van der Waals surface area (Å²) in [6.07, 6.45) is 1.65. The first-order valence-electron chi connectivity index (χ1n) is 8.70. The molecule has 1 aliphatic rings. The molecule has 27 heavy (non-hydrogen) atoms. The number of nitrogens with zero attached hydrogens (tertiary/aromatic N) is 3. The molecule has 8 heteroatoms. The number of nitrogens with two attached hydrogens (primary N) is 1. The van der Waals surface area contributed by atoms with Crippen molar-refractivity contribution < 1.29 is 4.39 Å². The van der Waals surface area contributed by atoms with Crippen LogP contribution in [0.4, 0.5) is 15.9 Å². The van der Waals surface area contributed by atoms with Crippen LogP contribution in [0.2, 0.25) is 5.02 Å². The maximum absolute atomic E-state index is 14.8. The van der Waals surface area contributed by atoms with E-state index < -0.39 is 11.4 Å². The number of rotatable bonds is 3. The first kappa shape index (κ1) is 17.8. The minimum absolute atomic E-state index is 0.0575. The molecule has 2 aromatic heterocycles. The fraction of sp³-hybridized carbons (Fsp3) is 0.263. The van der Waals surface area contributed by atoms with Gasteiger partial charge in [-0.3, -0.25) is 9.69 Å². The topological polar surface area (TPSA) is 78.2 Å². The zero-order valence-corrected chi connectivity index (χ0v) is 15.3. The molecule has 1 aromatic carbocycles. The van der Waals surface area contributed by atoms with Gasteiger partial charge in [0.1, 0.15) is 10.8 Å². The number of aromatic nitrogens is 2. The number of pyridine rings is 2. The lowest BCUT2D eigenvalue weighted by atomic mass is 10.1. The van der Waals surface area contributed by atoms with Gasteiger partial charge in [-0.25, -0.2) is 9.37 Å². The van der Waals surface area contributed by atoms with Gasteiger partial charge in [0.25, 0.3) is 5.56 Å². The third-order valence-corrected chi connectivity index (χ3v) is 5.13. The zero-order chi connectivity index (χ0) is 19.0. The number of piperazine rings is 1. The molecule has 0 saturated carbocycles. The molecule has 3 N–H and O–H groups in total. The second-order valence-corrected chi connectivity index (χ2v) is 7.07. The van der Waals surface area contributed by atoms with Gasteiger partial charge in [0.2, 0.25) is 0 Å². The highest BCUT2D eigenvalue weighted by Crippen LogP contribution is 2.22. The second-order valence-electron chi connectivity index (χ2n) is 6.66. The predicted octanol–water partition coefficient (Wildman–Crippen LogP) is 2.62. The van der Waals surface area contributed by atoms with Crippen molar-refractivity contribution in [3.63, 3.8) is 0 Å². The molecule has 0 aliphatic carbocycles. The second kappa shape index (κ2) is 7.17. The SMILES string of the molecule is Nc1ccc(N2CCN(Cc3ccc4cc(Cl)c(=O)[nH]c4c3F)CC2)nc1. The van der Waals surface area contributed by atoms with Crippen LogP contribution in [0.5, 0.6) is 0 Å². The van der Waals surface area contributed by atoms with Gasteiger partial charge in [0, 0.05) is 43.7 Å². The average molecular weight is 388 g/mol. The third kappa shape index (κ3) is 3.61. The van der Waals surface area contributed by atoms with E-state index in [1.54, 1.807) is 18.3 Å². The number of H-pyrrole nitrogens is 1. The number of nitrogens with one attached hydrogen (secondary N) is 1. The third-order valence-electron chi connectivity index (χ3n) is 4.85. The van der Waals surface area contributed by atoms with Crippen LogP contribution in [0.3, 0.4) is 0 Å². The summed E-state index contributed by atoms with van der Waals surface area (Å²) < 4.78 is 14.8. The van der Waals surface area contributed by atoms with Crippen molar-refractivity contribution in [2.75, 3.05) is 36.8 Å². The van der Waals surface area contributed by atoms with E-state index in [2.05, 4.69) is 19.8 Å². The van der Waals surface area contributed by atoms with Gasteiger partial charge in [-0.2, -0.15) is 0 Å². The maximum Gasteiger partial charge on any atom is 0.267 e. The van der Waals surface area contributed by atoms with Crippen molar-refractivity contribution >= 4 is 34.0 Å². The summed E-state index contributed by atoms with van der Waals surface area (Å²) in [4.78, 5) is 22.9. The highest BCUT2D eigenvalue weighted by atomic mass is 35.5. The van der Waals surface area contributed by atoms with E-state index in [1.807, 2.05) is 12.1 Å². The summed E-state index contributed by atoms with van der Waals surface area (Å²) in [7, 11) is 0. The monoisotopic (exact) mass is 387 g/mol. The molecule has 1 aliphatic heterocycles. The van der Waals surface area contributed by atoms with E-state index in [9.17, 15) is 9.18 Å². The summed E-state index contributed by atoms with van der Waals surface area (Å²) in [6.45, 7) is 3.67. The van der Waals surface area contributed by atoms with E-state index in [-0.39, 0.29) is 10.5 Å². The number of anilines is 2. The van der Waals surface area contributed by atoms with Crippen LogP contribution < -0.4 is 16.2 Å². The summed E-state index contributed by atoms with van der Waals surface area (Å²) in [5.74, 6) is 0.499. The molecule has 4 rings (SSSR count). The molecular weight excluding hydrogens is 369 g/mol. The van der Waals surface area contributed by atoms with Crippen LogP contribution in [0.1, 0.15) is 5.56 Å². The Morgan fingerprint density at radius 2 is 1.96 bits per heavy atom. The minimum Gasteiger partial charge on any atom is -0.397 e. The molecule has 6 nitrogen and oxygen atoms in total. The van der Waals surface area contributed by atoms with Crippen molar-refractivity contribution in [1.82, 2.24) is 14.9 Å². The number of nitrogen functional groups attached to an aromatic ring is 1. The number of hydrogen-bond acceptors (Lipinski definition) is 5. The molecular formula is C19H19ClFN5O. The fourth-order valence-electron chi connectivity index (χ4n) is 3.34. The van der Waals surface area contributed by atoms with Gasteiger partial charge in [-0.05, 0) is 18.2 Å². The van der Waals surface area contributed by atoms with E-state index in [0.29, 0.717) is 23.2 Å². The minimum atomic E-state index is -0.482. The van der Waals surface area contributed by atoms with Crippen molar-refractivity contribution in [2.24, 2.45) is 0 Å². The van der Waals surface area contributed by atoms with E-state index >= 15 is 0 Å². The molecule has 0 spiro atoms. The first-order valence-corrected chi connectivity index (χ1v) is 9.08. The highest BCUT2D eigenvalue weighted by molar-refractivity contribution is 6.31. The lowest BCUT2D eigenvalue weighted by Gasteiger charge is -2.35. The number of hydrogen-bond donors (Lipinski definition) is 2. The Morgan fingerprint density at radius 3 is 2.67 bits per heavy atom. The molecule has 0 bridgehead atoms. The van der Waals surface area contributed by atoms with Gasteiger partial charge >= 0.3 is 0 Å². The van der Waals surface area contributed by atoms with Crippen LogP contribution >= 0.6 is 11.6 Å². The van der Waals surface area contributed by atoms with E-state index in [1.165, 1.54) is 6.07 Å². The van der Waals surface area contributed by atoms with Crippen molar-refractivity contribution in [1.29, 1.82) is 0 Å². The van der Waals surface area contributed by atoms with Gasteiger partial charge in [-0.1, -0.05) is 23.7 Å². The molecule has 3 heterocycles. The van der Waals surface area contributed by atoms with Gasteiger partial charge in [0.05, 0.1) is 17.4 Å². The van der Waals surface area contributed by atoms with Gasteiger partial charge in [0.15, 0.2) is 5.82 Å². The summed E-state index contributed by atoms with van der Waals surface area (Å²) in [5, 5.41) is 0.641. The Morgan fingerprint density at radius 1 is 1.19 bits per heavy atom. The lowest BCUT2D eigenvalue weighted by molar-refractivity contribution is 0.246. The smallest absolute Gasteiger partial charge is 0.267 e. The van der Waals surface area contributed by atoms with Crippen molar-refractivity contribution in [3.05, 3.63) is 63.3 Å². The highest BCUT2D eigenvalue weighted by Gasteiger charge is 2.20. The number of benzene rings is 1. The van der Waals surface area contributed by atoms with Crippen LogP contribution in [-0.4, -0.2) is 41.0 Å². The molecule has 3 aromatic rings. The Hall–Kier alpha value is -2.64. The molecule has 0 radical (unpaired) electrons. The van der Waals surface area contributed by atoms with E-state index in [0.717, 1.165) is 32.0 Å². The number of aromatic amines is 1. The quantitative estimate of drug-likeness (QED) is 0.722. The normalized spacial score (nSPS) is 15.4. The molecule has 0 amide bonds. The average Bonchev–Trinajstić information content (AvgIpc) is 2.67. The van der Waals surface area contributed by atoms with Crippen LogP contribution in [0.15, 0.2) is 41.3 Å². The first-order chi connectivity index (χ1) is 13.0. The molecule has 0 unspecified atom stereocenters. The Bertz CT molecular complexity index is 1030. The lowest BCUT2D eigenvalue weighted by Crippen LogP contribution is -2.46. The van der Waals surface area contributed by atoms with Gasteiger partial charge in [-0.15, -0.1) is 0 Å². The van der Waals surface area contributed by atoms with Crippen LogP contribution in [-0.2, 0) is 6.54 Å². The molecule has 140 valence electrons. The summed E-state index contributed by atoms with van der Waals surface area (Å²) >= 11 is 5.82. The molecule has 1 saturated heterocycles.